The predicted octanol–water partition coefficient (Wildman–Crippen LogP) is 3.81. The van der Waals surface area contributed by atoms with Gasteiger partial charge in [-0.25, -0.2) is 9.98 Å². The first-order chi connectivity index (χ1) is 13.3. The van der Waals surface area contributed by atoms with Crippen LogP contribution in [-0.4, -0.2) is 38.3 Å². The third-order valence-electron chi connectivity index (χ3n) is 4.65. The maximum atomic E-state index is 5.45. The summed E-state index contributed by atoms with van der Waals surface area (Å²) in [6, 6.07) is 6.06. The fourth-order valence-electron chi connectivity index (χ4n) is 2.76. The molecule has 0 atom stereocenters. The second-order valence-corrected chi connectivity index (χ2v) is 8.54. The highest BCUT2D eigenvalue weighted by Gasteiger charge is 2.22. The Hall–Kier alpha value is -2.28. The third kappa shape index (κ3) is 5.61. The smallest absolute Gasteiger partial charge is 0.191 e. The molecular formula is C21H32N4O2S. The number of nitrogens with zero attached hydrogens (tertiary/aromatic N) is 2. The van der Waals surface area contributed by atoms with E-state index in [4.69, 9.17) is 14.5 Å². The van der Waals surface area contributed by atoms with Crippen molar-refractivity contribution in [2.45, 2.75) is 46.6 Å². The van der Waals surface area contributed by atoms with E-state index in [9.17, 15) is 0 Å². The molecule has 0 bridgehead atoms. The lowest BCUT2D eigenvalue weighted by atomic mass is 9.84. The molecule has 0 aliphatic carbocycles. The number of thiazole rings is 1. The summed E-state index contributed by atoms with van der Waals surface area (Å²) >= 11 is 1.70. The van der Waals surface area contributed by atoms with Crippen molar-refractivity contribution in [3.8, 4) is 11.5 Å². The largest absolute Gasteiger partial charge is 0.493 e. The van der Waals surface area contributed by atoms with Crippen molar-refractivity contribution in [2.75, 3.05) is 27.3 Å². The number of aliphatic imine (C=N–C) groups is 1. The quantitative estimate of drug-likeness (QED) is 0.517. The molecule has 2 rings (SSSR count). The van der Waals surface area contributed by atoms with Gasteiger partial charge in [-0.05, 0) is 38.5 Å². The topological polar surface area (TPSA) is 67.8 Å². The molecule has 1 aromatic heterocycles. The predicted molar refractivity (Wildman–Crippen MR) is 117 cm³/mol. The molecule has 0 spiro atoms. The number of hydrogen-bond acceptors (Lipinski definition) is 5. The number of aromatic nitrogens is 1. The number of nitrogens with one attached hydrogen (secondary N) is 2. The molecule has 2 aromatic rings. The van der Waals surface area contributed by atoms with Crippen molar-refractivity contribution in [1.82, 2.24) is 15.6 Å². The first-order valence-electron chi connectivity index (χ1n) is 9.48. The van der Waals surface area contributed by atoms with Gasteiger partial charge in [0.2, 0.25) is 0 Å². The maximum Gasteiger partial charge on any atom is 0.191 e. The maximum absolute atomic E-state index is 5.45. The molecule has 0 fully saturated rings. The summed E-state index contributed by atoms with van der Waals surface area (Å²) < 4.78 is 10.8. The van der Waals surface area contributed by atoms with Crippen LogP contribution in [0.5, 0.6) is 11.5 Å². The molecule has 0 saturated carbocycles. The van der Waals surface area contributed by atoms with Crippen molar-refractivity contribution in [3.63, 3.8) is 0 Å². The van der Waals surface area contributed by atoms with Crippen LogP contribution < -0.4 is 20.1 Å². The summed E-state index contributed by atoms with van der Waals surface area (Å²) in [6.45, 7) is 12.7. The van der Waals surface area contributed by atoms with Crippen molar-refractivity contribution in [3.05, 3.63) is 39.3 Å². The number of aryl methyl sites for hydroxylation is 2. The van der Waals surface area contributed by atoms with Gasteiger partial charge in [0, 0.05) is 23.4 Å². The number of hydrogen-bond donors (Lipinski definition) is 2. The van der Waals surface area contributed by atoms with E-state index in [0.29, 0.717) is 6.54 Å². The zero-order valence-electron chi connectivity index (χ0n) is 18.0. The van der Waals surface area contributed by atoms with Crippen LogP contribution in [0.3, 0.4) is 0 Å². The van der Waals surface area contributed by atoms with E-state index in [0.717, 1.165) is 41.2 Å². The minimum atomic E-state index is -0.121. The van der Waals surface area contributed by atoms with Crippen LogP contribution in [0.15, 0.2) is 23.2 Å². The molecule has 6 nitrogen and oxygen atoms in total. The zero-order chi connectivity index (χ0) is 20.7. The molecule has 7 heteroatoms. The summed E-state index contributed by atoms with van der Waals surface area (Å²) in [4.78, 5) is 10.5. The summed E-state index contributed by atoms with van der Waals surface area (Å²) in [5.74, 6) is 2.27. The van der Waals surface area contributed by atoms with E-state index in [2.05, 4.69) is 49.4 Å². The van der Waals surface area contributed by atoms with E-state index in [1.165, 1.54) is 10.4 Å². The molecule has 1 heterocycles. The van der Waals surface area contributed by atoms with Crippen LogP contribution in [-0.2, 0) is 12.0 Å². The summed E-state index contributed by atoms with van der Waals surface area (Å²) in [5.41, 5.74) is 2.13. The Morgan fingerprint density at radius 3 is 2.43 bits per heavy atom. The van der Waals surface area contributed by atoms with Crippen molar-refractivity contribution >= 4 is 17.3 Å². The lowest BCUT2D eigenvalue weighted by molar-refractivity contribution is 0.353. The Bertz CT molecular complexity index is 795. The van der Waals surface area contributed by atoms with Crippen molar-refractivity contribution in [1.29, 1.82) is 0 Å². The van der Waals surface area contributed by atoms with E-state index >= 15 is 0 Å². The molecule has 0 amide bonds. The molecule has 154 valence electrons. The molecule has 1 aromatic carbocycles. The highest BCUT2D eigenvalue weighted by molar-refractivity contribution is 7.11. The summed E-state index contributed by atoms with van der Waals surface area (Å²) in [5, 5.41) is 7.80. The molecule has 0 aliphatic rings. The van der Waals surface area contributed by atoms with Gasteiger partial charge in [-0.15, -0.1) is 11.3 Å². The van der Waals surface area contributed by atoms with Gasteiger partial charge >= 0.3 is 0 Å². The minimum absolute atomic E-state index is 0.121. The van der Waals surface area contributed by atoms with Gasteiger partial charge in [0.15, 0.2) is 17.5 Å². The molecule has 0 aliphatic heterocycles. The molecule has 28 heavy (non-hydrogen) atoms. The Labute approximate surface area is 172 Å². The van der Waals surface area contributed by atoms with Gasteiger partial charge in [-0.1, -0.05) is 19.9 Å². The Balaban J connectivity index is 2.09. The van der Waals surface area contributed by atoms with Crippen LogP contribution >= 0.6 is 11.3 Å². The Morgan fingerprint density at radius 1 is 1.14 bits per heavy atom. The van der Waals surface area contributed by atoms with Crippen LogP contribution in [0.1, 0.15) is 41.9 Å². The number of rotatable bonds is 8. The van der Waals surface area contributed by atoms with Crippen LogP contribution in [0.4, 0.5) is 0 Å². The van der Waals surface area contributed by atoms with Gasteiger partial charge in [-0.2, -0.15) is 0 Å². The average Bonchev–Trinajstić information content (AvgIpc) is 3.01. The van der Waals surface area contributed by atoms with Gasteiger partial charge < -0.3 is 20.1 Å². The van der Waals surface area contributed by atoms with Gasteiger partial charge in [0.25, 0.3) is 0 Å². The Kier molecular flexibility index (Phi) is 7.69. The summed E-state index contributed by atoms with van der Waals surface area (Å²) in [7, 11) is 3.31. The van der Waals surface area contributed by atoms with Crippen molar-refractivity contribution in [2.24, 2.45) is 4.99 Å². The number of ether oxygens (including phenoxy) is 2. The third-order valence-corrected chi connectivity index (χ3v) is 5.71. The number of methoxy groups -OCH3 is 2. The monoisotopic (exact) mass is 404 g/mol. The van der Waals surface area contributed by atoms with Crippen LogP contribution in [0.25, 0.3) is 0 Å². The minimum Gasteiger partial charge on any atom is -0.493 e. The highest BCUT2D eigenvalue weighted by Crippen LogP contribution is 2.32. The molecule has 0 radical (unpaired) electrons. The first kappa shape index (κ1) is 22.0. The summed E-state index contributed by atoms with van der Waals surface area (Å²) in [6.07, 6.45) is 0. The molecular weight excluding hydrogens is 372 g/mol. The van der Waals surface area contributed by atoms with E-state index < -0.39 is 0 Å². The molecule has 2 N–H and O–H groups in total. The average molecular weight is 405 g/mol. The SMILES string of the molecule is CCNC(=NCc1nc(C)c(C)s1)NCC(C)(C)c1ccc(OC)c(OC)c1. The first-order valence-corrected chi connectivity index (χ1v) is 10.3. The standard InChI is InChI=1S/C21H32N4O2S/c1-8-22-20(23-12-19-25-14(2)15(3)28-19)24-13-21(4,5)16-9-10-17(26-6)18(11-16)27-7/h9-11H,8,12-13H2,1-7H3,(H2,22,23,24). The van der Waals surface area contributed by atoms with E-state index in [1.807, 2.05) is 19.1 Å². The highest BCUT2D eigenvalue weighted by atomic mass is 32.1. The van der Waals surface area contributed by atoms with E-state index in [-0.39, 0.29) is 5.41 Å². The lowest BCUT2D eigenvalue weighted by Gasteiger charge is -2.27. The van der Waals surface area contributed by atoms with Crippen molar-refractivity contribution < 1.29 is 9.47 Å². The molecule has 0 unspecified atom stereocenters. The zero-order valence-corrected chi connectivity index (χ0v) is 18.8. The van der Waals surface area contributed by atoms with Crippen LogP contribution in [0.2, 0.25) is 0 Å². The second-order valence-electron chi connectivity index (χ2n) is 7.25. The fraction of sp³-hybridized carbons (Fsp3) is 0.524. The lowest BCUT2D eigenvalue weighted by Crippen LogP contribution is -2.43. The van der Waals surface area contributed by atoms with E-state index in [1.54, 1.807) is 25.6 Å². The second kappa shape index (κ2) is 9.78. The number of guanidine groups is 1. The van der Waals surface area contributed by atoms with Gasteiger partial charge in [-0.3, -0.25) is 0 Å². The fourth-order valence-corrected chi connectivity index (χ4v) is 3.62. The Morgan fingerprint density at radius 2 is 1.86 bits per heavy atom. The normalized spacial score (nSPS) is 12.0. The number of benzene rings is 1. The van der Waals surface area contributed by atoms with Gasteiger partial charge in [0.1, 0.15) is 5.01 Å². The van der Waals surface area contributed by atoms with Crippen LogP contribution in [0, 0.1) is 13.8 Å². The van der Waals surface area contributed by atoms with Gasteiger partial charge in [0.05, 0.1) is 26.5 Å². The molecule has 0 saturated heterocycles.